The molecule has 0 fully saturated rings. The first-order valence-corrected chi connectivity index (χ1v) is 11.6. The Labute approximate surface area is 207 Å². The molecule has 0 atom stereocenters. The van der Waals surface area contributed by atoms with E-state index in [1.54, 1.807) is 37.3 Å². The van der Waals surface area contributed by atoms with Crippen molar-refractivity contribution in [3.05, 3.63) is 82.0 Å². The highest BCUT2D eigenvalue weighted by atomic mass is 16.6. The Kier molecular flexibility index (Phi) is 5.68. The monoisotopic (exact) mass is 487 g/mol. The van der Waals surface area contributed by atoms with Gasteiger partial charge in [-0.15, -0.1) is 4.68 Å². The van der Waals surface area contributed by atoms with Crippen molar-refractivity contribution in [3.63, 3.8) is 0 Å². The van der Waals surface area contributed by atoms with E-state index in [0.717, 1.165) is 15.1 Å². The van der Waals surface area contributed by atoms with Crippen molar-refractivity contribution >= 4 is 29.6 Å². The third-order valence-electron chi connectivity index (χ3n) is 6.42. The molecule has 10 nitrogen and oxygen atoms in total. The molecular weight excluding hydrogens is 462 g/mol. The molecule has 0 saturated heterocycles. The molecule has 0 bridgehead atoms. The van der Waals surface area contributed by atoms with Crippen molar-refractivity contribution in [2.75, 3.05) is 11.9 Å². The van der Waals surface area contributed by atoms with Gasteiger partial charge in [0.05, 0.1) is 35.5 Å². The maximum Gasteiger partial charge on any atom is 0.436 e. The van der Waals surface area contributed by atoms with E-state index in [1.165, 1.54) is 12.1 Å². The van der Waals surface area contributed by atoms with Crippen LogP contribution in [0.25, 0.3) is 0 Å². The topological polar surface area (TPSA) is 123 Å². The van der Waals surface area contributed by atoms with Gasteiger partial charge in [0.1, 0.15) is 5.82 Å². The molecule has 0 unspecified atom stereocenters. The zero-order valence-corrected chi connectivity index (χ0v) is 20.1. The number of benzene rings is 2. The first kappa shape index (κ1) is 23.4. The van der Waals surface area contributed by atoms with Crippen LogP contribution in [0.4, 0.5) is 10.6 Å². The highest BCUT2D eigenvalue weighted by Gasteiger charge is 2.38. The van der Waals surface area contributed by atoms with Crippen molar-refractivity contribution < 1.29 is 23.9 Å². The van der Waals surface area contributed by atoms with Crippen LogP contribution in [0.2, 0.25) is 0 Å². The third kappa shape index (κ3) is 3.75. The zero-order chi connectivity index (χ0) is 25.6. The Bertz CT molecular complexity index is 1420. The lowest BCUT2D eigenvalue weighted by atomic mass is 10.0. The smallest absolute Gasteiger partial charge is 0.436 e. The number of nitrogens with one attached hydrogen (secondary N) is 2. The second kappa shape index (κ2) is 8.72. The lowest BCUT2D eigenvalue weighted by Crippen LogP contribution is -2.33. The Morgan fingerprint density at radius 1 is 1.08 bits per heavy atom. The Morgan fingerprint density at radius 3 is 2.50 bits per heavy atom. The molecule has 2 N–H and O–H groups in total. The van der Waals surface area contributed by atoms with Gasteiger partial charge >= 0.3 is 6.09 Å². The normalized spacial score (nSPS) is 15.4. The molecule has 5 rings (SSSR count). The number of hydrogen-bond acceptors (Lipinski definition) is 7. The molecule has 0 radical (unpaired) electrons. The second-order valence-corrected chi connectivity index (χ2v) is 9.12. The number of amides is 3. The van der Waals surface area contributed by atoms with Crippen LogP contribution in [0.15, 0.2) is 48.5 Å². The highest BCUT2D eigenvalue weighted by molar-refractivity contribution is 6.18. The van der Waals surface area contributed by atoms with Gasteiger partial charge in [-0.2, -0.15) is 5.10 Å². The lowest BCUT2D eigenvalue weighted by molar-refractivity contribution is 0.0628. The van der Waals surface area contributed by atoms with Crippen LogP contribution in [0.1, 0.15) is 68.7 Å². The quantitative estimate of drug-likeness (QED) is 0.542. The van der Waals surface area contributed by atoms with Gasteiger partial charge in [-0.05, 0) is 44.5 Å². The molecule has 0 aliphatic carbocycles. The summed E-state index contributed by atoms with van der Waals surface area (Å²) in [4.78, 5) is 53.5. The fourth-order valence-electron chi connectivity index (χ4n) is 4.56. The summed E-state index contributed by atoms with van der Waals surface area (Å²) < 4.78 is 6.17. The molecule has 0 saturated carbocycles. The SMILES string of the molecule is CCOC(=O)n1nc2c(c1NC(=O)c1ccccc1C(=O)N1Cc3ccccc3C1=O)CNC2(C)C. The molecule has 1 aromatic heterocycles. The van der Waals surface area contributed by atoms with Crippen molar-refractivity contribution in [2.24, 2.45) is 0 Å². The van der Waals surface area contributed by atoms with Crippen LogP contribution in [0.3, 0.4) is 0 Å². The zero-order valence-electron chi connectivity index (χ0n) is 20.1. The van der Waals surface area contributed by atoms with Crippen LogP contribution in [0.5, 0.6) is 0 Å². The maximum atomic E-state index is 13.5. The van der Waals surface area contributed by atoms with Gasteiger partial charge in [0.2, 0.25) is 0 Å². The molecule has 0 spiro atoms. The van der Waals surface area contributed by atoms with Gasteiger partial charge in [-0.3, -0.25) is 19.3 Å². The van der Waals surface area contributed by atoms with E-state index in [0.29, 0.717) is 23.4 Å². The summed E-state index contributed by atoms with van der Waals surface area (Å²) in [5.41, 5.74) is 2.14. The number of rotatable bonds is 4. The van der Waals surface area contributed by atoms with Gasteiger partial charge in [0.15, 0.2) is 0 Å². The van der Waals surface area contributed by atoms with Crippen LogP contribution in [-0.4, -0.2) is 45.1 Å². The summed E-state index contributed by atoms with van der Waals surface area (Å²) in [5.74, 6) is -1.41. The number of nitrogens with zero attached hydrogens (tertiary/aromatic N) is 3. The minimum atomic E-state index is -0.720. The molecule has 3 amide bonds. The number of ether oxygens (including phenoxy) is 1. The van der Waals surface area contributed by atoms with E-state index >= 15 is 0 Å². The number of fused-ring (bicyclic) bond motifs is 2. The van der Waals surface area contributed by atoms with E-state index in [1.807, 2.05) is 19.9 Å². The number of carbonyl (C=O) groups excluding carboxylic acids is 4. The number of carbonyl (C=O) groups is 4. The first-order chi connectivity index (χ1) is 17.2. The summed E-state index contributed by atoms with van der Waals surface area (Å²) in [5, 5.41) is 10.5. The maximum absolute atomic E-state index is 13.5. The number of aromatic nitrogens is 2. The molecule has 2 aliphatic rings. The van der Waals surface area contributed by atoms with E-state index in [2.05, 4.69) is 15.7 Å². The molecular formula is C26H25N5O5. The summed E-state index contributed by atoms with van der Waals surface area (Å²) in [6.07, 6.45) is -0.720. The van der Waals surface area contributed by atoms with E-state index in [9.17, 15) is 19.2 Å². The van der Waals surface area contributed by atoms with Crippen LogP contribution < -0.4 is 10.6 Å². The predicted molar refractivity (Wildman–Crippen MR) is 130 cm³/mol. The van der Waals surface area contributed by atoms with Crippen molar-refractivity contribution in [3.8, 4) is 0 Å². The molecule has 2 aromatic carbocycles. The fourth-order valence-corrected chi connectivity index (χ4v) is 4.56. The van der Waals surface area contributed by atoms with Gasteiger partial charge in [-0.25, -0.2) is 4.79 Å². The summed E-state index contributed by atoms with van der Waals surface area (Å²) in [6.45, 7) is 6.19. The molecule has 10 heteroatoms. The van der Waals surface area contributed by atoms with Gasteiger partial charge in [0.25, 0.3) is 17.7 Å². The fraction of sp³-hybridized carbons (Fsp3) is 0.269. The number of hydrogen-bond donors (Lipinski definition) is 2. The summed E-state index contributed by atoms with van der Waals surface area (Å²) in [7, 11) is 0. The molecule has 36 heavy (non-hydrogen) atoms. The van der Waals surface area contributed by atoms with Crippen LogP contribution in [-0.2, 0) is 23.4 Å². The molecule has 3 heterocycles. The molecule has 2 aliphatic heterocycles. The van der Waals surface area contributed by atoms with Crippen molar-refractivity contribution in [2.45, 2.75) is 39.4 Å². The highest BCUT2D eigenvalue weighted by Crippen LogP contribution is 2.35. The summed E-state index contributed by atoms with van der Waals surface area (Å²) >= 11 is 0. The van der Waals surface area contributed by atoms with Crippen LogP contribution in [0, 0.1) is 0 Å². The average Bonchev–Trinajstić information content (AvgIpc) is 3.50. The second-order valence-electron chi connectivity index (χ2n) is 9.12. The molecule has 3 aromatic rings. The predicted octanol–water partition coefficient (Wildman–Crippen LogP) is 3.27. The van der Waals surface area contributed by atoms with Crippen LogP contribution >= 0.6 is 0 Å². The Balaban J connectivity index is 1.48. The van der Waals surface area contributed by atoms with Gasteiger partial charge in [0, 0.05) is 17.7 Å². The lowest BCUT2D eigenvalue weighted by Gasteiger charge is -2.17. The van der Waals surface area contributed by atoms with E-state index in [4.69, 9.17) is 4.74 Å². The number of anilines is 1. The average molecular weight is 488 g/mol. The van der Waals surface area contributed by atoms with E-state index in [-0.39, 0.29) is 30.1 Å². The van der Waals surface area contributed by atoms with E-state index < -0.39 is 29.4 Å². The standard InChI is InChI=1S/C26H25N5O5/c1-4-36-25(35)31-21(19-13-27-26(2,3)20(19)29-31)28-22(32)17-11-7-8-12-18(17)24(34)30-14-15-9-5-6-10-16(15)23(30)33/h5-12,27H,4,13-14H2,1-3H3,(H,28,32). The summed E-state index contributed by atoms with van der Waals surface area (Å²) in [6, 6.07) is 13.3. The van der Waals surface area contributed by atoms with Crippen molar-refractivity contribution in [1.82, 2.24) is 20.0 Å². The van der Waals surface area contributed by atoms with Crippen molar-refractivity contribution in [1.29, 1.82) is 0 Å². The largest absolute Gasteiger partial charge is 0.448 e. The third-order valence-corrected chi connectivity index (χ3v) is 6.42. The number of imide groups is 1. The molecule has 184 valence electrons. The van der Waals surface area contributed by atoms with Gasteiger partial charge in [-0.1, -0.05) is 30.3 Å². The van der Waals surface area contributed by atoms with Gasteiger partial charge < -0.3 is 15.4 Å². The Morgan fingerprint density at radius 2 is 1.78 bits per heavy atom. The first-order valence-electron chi connectivity index (χ1n) is 11.6. The minimum Gasteiger partial charge on any atom is -0.448 e. The Hall–Kier alpha value is -4.31. The minimum absolute atomic E-state index is 0.0711.